The number of amides is 1. The van der Waals surface area contributed by atoms with Crippen LogP contribution in [0.15, 0.2) is 54.6 Å². The molecular weight excluding hydrogens is 293 g/mol. The zero-order valence-corrected chi connectivity index (χ0v) is 13.4. The van der Waals surface area contributed by atoms with E-state index in [9.17, 15) is 14.3 Å². The topological polar surface area (TPSA) is 49.3 Å². The molecule has 0 aromatic heterocycles. The number of carbonyl (C=O) groups is 1. The fourth-order valence-corrected chi connectivity index (χ4v) is 2.38. The predicted molar refractivity (Wildman–Crippen MR) is 88.5 cm³/mol. The third-order valence-electron chi connectivity index (χ3n) is 4.02. The molecule has 122 valence electrons. The Balaban J connectivity index is 1.90. The highest BCUT2D eigenvalue weighted by Crippen LogP contribution is 2.24. The second-order valence-electron chi connectivity index (χ2n) is 6.10. The molecule has 3 nitrogen and oxygen atoms in total. The van der Waals surface area contributed by atoms with Crippen molar-refractivity contribution in [1.29, 1.82) is 0 Å². The van der Waals surface area contributed by atoms with Gasteiger partial charge in [0.25, 0.3) is 0 Å². The summed E-state index contributed by atoms with van der Waals surface area (Å²) in [6.45, 7) is 3.96. The molecule has 0 saturated heterocycles. The Morgan fingerprint density at radius 1 is 1.13 bits per heavy atom. The molecule has 0 bridgehead atoms. The summed E-state index contributed by atoms with van der Waals surface area (Å²) in [5.74, 6) is -0.472. The van der Waals surface area contributed by atoms with Gasteiger partial charge in [0.05, 0.1) is 11.5 Å². The third kappa shape index (κ3) is 4.39. The van der Waals surface area contributed by atoms with Crippen LogP contribution in [0.5, 0.6) is 0 Å². The summed E-state index contributed by atoms with van der Waals surface area (Å²) in [6, 6.07) is 15.3. The van der Waals surface area contributed by atoms with Crippen molar-refractivity contribution in [3.63, 3.8) is 0 Å². The van der Waals surface area contributed by atoms with E-state index >= 15 is 0 Å². The standard InChI is InChI=1S/C19H22FNO2/c1-19(2,15-8-10-16(20)11-9-15)18(23)21-13-12-17(22)14-6-4-3-5-7-14/h3-11,17,22H,12-13H2,1-2H3,(H,21,23). The molecule has 2 aromatic carbocycles. The van der Waals surface area contributed by atoms with Crippen LogP contribution in [0.25, 0.3) is 0 Å². The first-order valence-corrected chi connectivity index (χ1v) is 7.68. The Morgan fingerprint density at radius 3 is 2.35 bits per heavy atom. The molecule has 23 heavy (non-hydrogen) atoms. The average Bonchev–Trinajstić information content (AvgIpc) is 2.55. The van der Waals surface area contributed by atoms with Crippen molar-refractivity contribution in [3.05, 3.63) is 71.5 Å². The largest absolute Gasteiger partial charge is 0.388 e. The molecule has 0 aliphatic rings. The first kappa shape index (κ1) is 17.2. The molecule has 0 aliphatic heterocycles. The van der Waals surface area contributed by atoms with E-state index in [1.54, 1.807) is 26.0 Å². The Labute approximate surface area is 136 Å². The van der Waals surface area contributed by atoms with Gasteiger partial charge >= 0.3 is 0 Å². The molecule has 0 aliphatic carbocycles. The maximum Gasteiger partial charge on any atom is 0.230 e. The van der Waals surface area contributed by atoms with E-state index < -0.39 is 11.5 Å². The van der Waals surface area contributed by atoms with Crippen molar-refractivity contribution in [1.82, 2.24) is 5.32 Å². The summed E-state index contributed by atoms with van der Waals surface area (Å²) < 4.78 is 13.0. The Bertz CT molecular complexity index is 638. The molecule has 2 rings (SSSR count). The van der Waals surface area contributed by atoms with E-state index in [1.165, 1.54) is 12.1 Å². The molecule has 4 heteroatoms. The van der Waals surface area contributed by atoms with Crippen LogP contribution in [0, 0.1) is 5.82 Å². The summed E-state index contributed by atoms with van der Waals surface area (Å²) in [4.78, 5) is 12.4. The fourth-order valence-electron chi connectivity index (χ4n) is 2.38. The molecule has 0 fully saturated rings. The second kappa shape index (κ2) is 7.38. The van der Waals surface area contributed by atoms with Gasteiger partial charge in [0.1, 0.15) is 5.82 Å². The number of halogens is 1. The van der Waals surface area contributed by atoms with Gasteiger partial charge in [-0.25, -0.2) is 4.39 Å². The number of hydrogen-bond acceptors (Lipinski definition) is 2. The van der Waals surface area contributed by atoms with Crippen LogP contribution in [-0.2, 0) is 10.2 Å². The van der Waals surface area contributed by atoms with Crippen LogP contribution in [-0.4, -0.2) is 17.6 Å². The molecular formula is C19H22FNO2. The molecule has 1 unspecified atom stereocenters. The van der Waals surface area contributed by atoms with Crippen LogP contribution < -0.4 is 5.32 Å². The fraction of sp³-hybridized carbons (Fsp3) is 0.316. The Hall–Kier alpha value is -2.20. The van der Waals surface area contributed by atoms with Gasteiger partial charge in [-0.2, -0.15) is 0 Å². The molecule has 2 N–H and O–H groups in total. The highest BCUT2D eigenvalue weighted by atomic mass is 19.1. The zero-order chi connectivity index (χ0) is 16.9. The van der Waals surface area contributed by atoms with Crippen LogP contribution in [0.4, 0.5) is 4.39 Å². The summed E-state index contributed by atoms with van der Waals surface area (Å²) >= 11 is 0. The van der Waals surface area contributed by atoms with Gasteiger partial charge in [0.15, 0.2) is 0 Å². The monoisotopic (exact) mass is 315 g/mol. The Kier molecular flexibility index (Phi) is 5.50. The van der Waals surface area contributed by atoms with E-state index in [0.29, 0.717) is 13.0 Å². The molecule has 1 amide bonds. The normalized spacial score (nSPS) is 12.7. The van der Waals surface area contributed by atoms with Crippen LogP contribution in [0.1, 0.15) is 37.5 Å². The number of aliphatic hydroxyl groups excluding tert-OH is 1. The molecule has 0 radical (unpaired) electrons. The van der Waals surface area contributed by atoms with Gasteiger partial charge in [-0.1, -0.05) is 42.5 Å². The van der Waals surface area contributed by atoms with E-state index in [-0.39, 0.29) is 11.7 Å². The van der Waals surface area contributed by atoms with E-state index in [1.807, 2.05) is 30.3 Å². The maximum absolute atomic E-state index is 13.0. The van der Waals surface area contributed by atoms with E-state index in [4.69, 9.17) is 0 Å². The van der Waals surface area contributed by atoms with Gasteiger partial charge in [-0.15, -0.1) is 0 Å². The quantitative estimate of drug-likeness (QED) is 0.859. The SMILES string of the molecule is CC(C)(C(=O)NCCC(O)c1ccccc1)c1ccc(F)cc1. The predicted octanol–water partition coefficient (Wildman–Crippen LogP) is 3.34. The molecule has 0 heterocycles. The summed E-state index contributed by atoms with van der Waals surface area (Å²) in [6.07, 6.45) is -0.166. The number of nitrogens with one attached hydrogen (secondary N) is 1. The lowest BCUT2D eigenvalue weighted by molar-refractivity contribution is -0.125. The zero-order valence-electron chi connectivity index (χ0n) is 13.4. The van der Waals surface area contributed by atoms with Gasteiger partial charge in [-0.3, -0.25) is 4.79 Å². The second-order valence-corrected chi connectivity index (χ2v) is 6.10. The minimum atomic E-state index is -0.759. The number of hydrogen-bond donors (Lipinski definition) is 2. The van der Waals surface area contributed by atoms with Gasteiger partial charge < -0.3 is 10.4 Å². The number of rotatable bonds is 6. The van der Waals surface area contributed by atoms with E-state index in [0.717, 1.165) is 11.1 Å². The molecule has 2 aromatic rings. The first-order chi connectivity index (χ1) is 10.9. The number of carbonyl (C=O) groups excluding carboxylic acids is 1. The highest BCUT2D eigenvalue weighted by molar-refractivity contribution is 5.87. The smallest absolute Gasteiger partial charge is 0.230 e. The number of benzene rings is 2. The molecule has 0 saturated carbocycles. The molecule has 0 spiro atoms. The lowest BCUT2D eigenvalue weighted by atomic mass is 9.83. The Morgan fingerprint density at radius 2 is 1.74 bits per heavy atom. The van der Waals surface area contributed by atoms with Crippen molar-refractivity contribution in [2.75, 3.05) is 6.54 Å². The maximum atomic E-state index is 13.0. The minimum Gasteiger partial charge on any atom is -0.388 e. The number of aliphatic hydroxyl groups is 1. The lowest BCUT2D eigenvalue weighted by Gasteiger charge is -2.24. The van der Waals surface area contributed by atoms with Gasteiger partial charge in [-0.05, 0) is 43.5 Å². The van der Waals surface area contributed by atoms with Gasteiger partial charge in [0.2, 0.25) is 5.91 Å². The first-order valence-electron chi connectivity index (χ1n) is 7.68. The van der Waals surface area contributed by atoms with Crippen molar-refractivity contribution >= 4 is 5.91 Å². The van der Waals surface area contributed by atoms with Crippen LogP contribution in [0.3, 0.4) is 0 Å². The minimum absolute atomic E-state index is 0.149. The summed E-state index contributed by atoms with van der Waals surface area (Å²) in [5.41, 5.74) is 0.824. The lowest BCUT2D eigenvalue weighted by Crippen LogP contribution is -2.40. The summed E-state index contributed by atoms with van der Waals surface area (Å²) in [7, 11) is 0. The van der Waals surface area contributed by atoms with Crippen LogP contribution in [0.2, 0.25) is 0 Å². The van der Waals surface area contributed by atoms with Crippen molar-refractivity contribution in [3.8, 4) is 0 Å². The summed E-state index contributed by atoms with van der Waals surface area (Å²) in [5, 5.41) is 12.9. The van der Waals surface area contributed by atoms with Crippen molar-refractivity contribution in [2.45, 2.75) is 31.8 Å². The van der Waals surface area contributed by atoms with E-state index in [2.05, 4.69) is 5.32 Å². The van der Waals surface area contributed by atoms with Crippen LogP contribution >= 0.6 is 0 Å². The third-order valence-corrected chi connectivity index (χ3v) is 4.02. The molecule has 1 atom stereocenters. The van der Waals surface area contributed by atoms with Crippen molar-refractivity contribution < 1.29 is 14.3 Å². The highest BCUT2D eigenvalue weighted by Gasteiger charge is 2.29. The van der Waals surface area contributed by atoms with Gasteiger partial charge in [0, 0.05) is 6.54 Å². The average molecular weight is 315 g/mol. The van der Waals surface area contributed by atoms with Crippen molar-refractivity contribution in [2.24, 2.45) is 0 Å².